The molecule has 0 saturated carbocycles. The van der Waals surface area contributed by atoms with Gasteiger partial charge in [-0.2, -0.15) is 0 Å². The zero-order valence-corrected chi connectivity index (χ0v) is 6.78. The Kier molecular flexibility index (Phi) is 1.17. The standard InChI is InChI=1S/C2H5I2/c1-4-2-3-4/h2H2,1H3/q-1. The second-order valence-corrected chi connectivity index (χ2v) is 21.9. The van der Waals surface area contributed by atoms with Crippen LogP contribution < -0.4 is 17.2 Å². The van der Waals surface area contributed by atoms with Crippen LogP contribution in [0.15, 0.2) is 0 Å². The van der Waals surface area contributed by atoms with E-state index in [0.29, 0.717) is 0 Å². The van der Waals surface area contributed by atoms with E-state index in [-0.39, 0.29) is 15.8 Å². The molecule has 1 rings (SSSR count). The van der Waals surface area contributed by atoms with Crippen molar-refractivity contribution in [2.45, 2.75) is 0 Å². The Bertz CT molecular complexity index is 23.2. The van der Waals surface area contributed by atoms with Crippen molar-refractivity contribution in [2.75, 3.05) is 7.36 Å². The molecule has 0 N–H and O–H groups in total. The summed E-state index contributed by atoms with van der Waals surface area (Å²) in [5.74, 6) is 0. The van der Waals surface area contributed by atoms with Crippen molar-refractivity contribution in [3.05, 3.63) is 0 Å². The molecule has 0 unspecified atom stereocenters. The van der Waals surface area contributed by atoms with Crippen molar-refractivity contribution < 1.29 is 17.2 Å². The van der Waals surface area contributed by atoms with E-state index in [1.54, 1.807) is 2.43 Å². The molecule has 0 spiro atoms. The Balaban J connectivity index is 2.17. The summed E-state index contributed by atoms with van der Waals surface area (Å²) >= 11 is 1.03. The van der Waals surface area contributed by atoms with Crippen molar-refractivity contribution in [1.82, 2.24) is 0 Å². The van der Waals surface area contributed by atoms with Gasteiger partial charge in [0, 0.05) is 0 Å². The Morgan fingerprint density at radius 3 is 2.25 bits per heavy atom. The minimum absolute atomic E-state index is 0.0967. The van der Waals surface area contributed by atoms with E-state index in [9.17, 15) is 0 Å². The van der Waals surface area contributed by atoms with E-state index >= 15 is 0 Å². The normalized spacial score (nSPS) is 32.8. The molecular formula is C2H5I2-. The van der Waals surface area contributed by atoms with Crippen molar-refractivity contribution in [1.29, 1.82) is 0 Å². The van der Waals surface area contributed by atoms with Crippen LogP contribution in [0.4, 0.5) is 0 Å². The third kappa shape index (κ3) is 1.05. The van der Waals surface area contributed by atoms with E-state index in [1.807, 2.05) is 0 Å². The zero-order chi connectivity index (χ0) is 2.99. The van der Waals surface area contributed by atoms with Crippen LogP contribution >= 0.6 is 15.8 Å². The maximum atomic E-state index is 2.48. The second kappa shape index (κ2) is 1.28. The van der Waals surface area contributed by atoms with E-state index in [0.717, 1.165) is 17.2 Å². The molecule has 1 saturated heterocycles. The molecule has 0 radical (unpaired) electrons. The van der Waals surface area contributed by atoms with Gasteiger partial charge in [-0.05, 0) is 0 Å². The van der Waals surface area contributed by atoms with Gasteiger partial charge >= 0.3 is 40.4 Å². The van der Waals surface area contributed by atoms with Crippen LogP contribution in [-0.4, -0.2) is 7.36 Å². The summed E-state index contributed by atoms with van der Waals surface area (Å²) in [5, 5.41) is 0. The van der Waals surface area contributed by atoms with Gasteiger partial charge in [-0.1, -0.05) is 0 Å². The number of halogens is 2. The summed E-state index contributed by atoms with van der Waals surface area (Å²) in [6.07, 6.45) is 0. The Morgan fingerprint density at radius 2 is 2.25 bits per heavy atom. The van der Waals surface area contributed by atoms with Gasteiger partial charge in [0.15, 0.2) is 0 Å². The van der Waals surface area contributed by atoms with E-state index < -0.39 is 0 Å². The molecule has 0 atom stereocenters. The SMILES string of the molecule is CI1C[I-]1. The summed E-state index contributed by atoms with van der Waals surface area (Å²) in [6, 6.07) is 0. The van der Waals surface area contributed by atoms with Gasteiger partial charge in [0.05, 0.1) is 0 Å². The molecule has 2 heteroatoms. The van der Waals surface area contributed by atoms with Gasteiger partial charge < -0.3 is 0 Å². The van der Waals surface area contributed by atoms with Crippen LogP contribution in [0.1, 0.15) is 0 Å². The number of alkyl halides is 3. The van der Waals surface area contributed by atoms with Crippen LogP contribution in [-0.2, 0) is 0 Å². The fraction of sp³-hybridized carbons (Fsp3) is 1.00. The summed E-state index contributed by atoms with van der Waals surface area (Å²) < 4.78 is 1.75. The first-order valence-corrected chi connectivity index (χ1v) is 12.5. The number of rotatable bonds is 0. The molecule has 4 heavy (non-hydrogen) atoms. The molecular weight excluding hydrogens is 278 g/mol. The molecule has 0 aromatic carbocycles. The predicted octanol–water partition coefficient (Wildman–Crippen LogP) is -1.90. The predicted molar refractivity (Wildman–Crippen MR) is 24.8 cm³/mol. The van der Waals surface area contributed by atoms with Gasteiger partial charge in [0.2, 0.25) is 0 Å². The van der Waals surface area contributed by atoms with Crippen LogP contribution in [0.3, 0.4) is 0 Å². The molecule has 0 nitrogen and oxygen atoms in total. The Morgan fingerprint density at radius 1 is 2.00 bits per heavy atom. The first-order valence-electron chi connectivity index (χ1n) is 1.06. The molecule has 1 aliphatic heterocycles. The van der Waals surface area contributed by atoms with E-state index in [2.05, 4.69) is 4.93 Å². The molecule has 28 valence electrons. The van der Waals surface area contributed by atoms with Crippen LogP contribution in [0.5, 0.6) is 0 Å². The second-order valence-electron chi connectivity index (χ2n) is 0.713. The van der Waals surface area contributed by atoms with Gasteiger partial charge in [-0.3, -0.25) is 0 Å². The Labute approximate surface area is 40.0 Å². The van der Waals surface area contributed by atoms with Crippen molar-refractivity contribution in [2.24, 2.45) is 0 Å². The zero-order valence-electron chi connectivity index (χ0n) is 2.46. The fourth-order valence-electron chi connectivity index (χ4n) is 0.0382. The number of hydrogen-bond acceptors (Lipinski definition) is 0. The molecule has 0 aliphatic carbocycles. The third-order valence-electron chi connectivity index (χ3n) is 0.303. The molecule has 1 fully saturated rings. The van der Waals surface area contributed by atoms with Crippen LogP contribution in [0, 0.1) is 0 Å². The first kappa shape index (κ1) is 3.64. The number of hydrogen-bond donors (Lipinski definition) is 0. The Hall–Kier alpha value is 1.46. The summed E-state index contributed by atoms with van der Waals surface area (Å²) in [4.78, 5) is 2.48. The van der Waals surface area contributed by atoms with Gasteiger partial charge in [0.25, 0.3) is 0 Å². The van der Waals surface area contributed by atoms with Gasteiger partial charge in [0.1, 0.15) is 0 Å². The monoisotopic (exact) mass is 283 g/mol. The molecule has 1 aliphatic rings. The average Bonchev–Trinajstić information content (AvgIpc) is 1.75. The summed E-state index contributed by atoms with van der Waals surface area (Å²) in [7, 11) is 0. The van der Waals surface area contributed by atoms with Crippen molar-refractivity contribution in [3.63, 3.8) is 0 Å². The summed E-state index contributed by atoms with van der Waals surface area (Å²) in [5.41, 5.74) is 0. The first-order chi connectivity index (χ1) is 1.89. The van der Waals surface area contributed by atoms with Crippen molar-refractivity contribution >= 4 is 15.8 Å². The van der Waals surface area contributed by atoms with Crippen molar-refractivity contribution in [3.8, 4) is 0 Å². The maximum absolute atomic E-state index is 2.48. The average molecular weight is 283 g/mol. The van der Waals surface area contributed by atoms with Gasteiger partial charge in [-0.25, -0.2) is 0 Å². The fourth-order valence-corrected chi connectivity index (χ4v) is 11.5. The molecule has 0 aromatic heterocycles. The van der Waals surface area contributed by atoms with Gasteiger partial charge in [-0.15, -0.1) is 0 Å². The summed E-state index contributed by atoms with van der Waals surface area (Å²) in [6.45, 7) is 0. The van der Waals surface area contributed by atoms with E-state index in [4.69, 9.17) is 0 Å². The molecule has 0 amide bonds. The topological polar surface area (TPSA) is 0 Å². The molecule has 0 aromatic rings. The molecule has 0 bridgehead atoms. The van der Waals surface area contributed by atoms with Crippen LogP contribution in [0.2, 0.25) is 0 Å². The third-order valence-corrected chi connectivity index (χ3v) is 13.6. The molecule has 1 heterocycles. The van der Waals surface area contributed by atoms with Crippen LogP contribution in [0.25, 0.3) is 0 Å². The quantitative estimate of drug-likeness (QED) is 0.360. The van der Waals surface area contributed by atoms with E-state index in [1.165, 1.54) is 0 Å². The minimum atomic E-state index is 0.0967.